The molecule has 0 heterocycles. The quantitative estimate of drug-likeness (QED) is 0.791. The van der Waals surface area contributed by atoms with Gasteiger partial charge in [-0.2, -0.15) is 0 Å². The van der Waals surface area contributed by atoms with Crippen LogP contribution in [0.3, 0.4) is 0 Å². The Hall–Kier alpha value is -1.10. The zero-order valence-electron chi connectivity index (χ0n) is 9.29. The predicted octanol–water partition coefficient (Wildman–Crippen LogP) is 1.74. The molecule has 0 radical (unpaired) electrons. The minimum Gasteiger partial charge on any atom is -0.345 e. The molecule has 0 spiro atoms. The van der Waals surface area contributed by atoms with Gasteiger partial charge >= 0.3 is 0 Å². The Balaban J connectivity index is 2.72. The Bertz CT molecular complexity index is 380. The third kappa shape index (κ3) is 3.81. The molecule has 0 fully saturated rings. The molecule has 16 heavy (non-hydrogen) atoms. The molecule has 0 aliphatic heterocycles. The molecule has 0 aromatic heterocycles. The average Bonchev–Trinajstić information content (AvgIpc) is 2.16. The summed E-state index contributed by atoms with van der Waals surface area (Å²) in [5, 5.41) is 3.33. The van der Waals surface area contributed by atoms with Gasteiger partial charge in [0.05, 0.1) is 12.1 Å². The molecule has 0 unspecified atom stereocenters. The lowest BCUT2D eigenvalue weighted by Crippen LogP contribution is -2.47. The molecule has 1 amide bonds. The summed E-state index contributed by atoms with van der Waals surface area (Å²) >= 11 is 5.80. The molecular formula is C11H15ClN2O2. The highest BCUT2D eigenvalue weighted by Gasteiger charge is 2.21. The fourth-order valence-corrected chi connectivity index (χ4v) is 1.44. The van der Waals surface area contributed by atoms with Crippen LogP contribution in [0.4, 0.5) is 0 Å². The molecule has 88 valence electrons. The summed E-state index contributed by atoms with van der Waals surface area (Å²) < 4.78 is 0. The van der Waals surface area contributed by atoms with Crippen LogP contribution in [0.1, 0.15) is 24.2 Å². The summed E-state index contributed by atoms with van der Waals surface area (Å²) in [7, 11) is 0. The predicted molar refractivity (Wildman–Crippen MR) is 63.1 cm³/mol. The van der Waals surface area contributed by atoms with Gasteiger partial charge in [0.2, 0.25) is 0 Å². The summed E-state index contributed by atoms with van der Waals surface area (Å²) in [6, 6.07) is 6.74. The highest BCUT2D eigenvalue weighted by molar-refractivity contribution is 6.30. The average molecular weight is 243 g/mol. The molecular weight excluding hydrogens is 228 g/mol. The highest BCUT2D eigenvalue weighted by Crippen LogP contribution is 2.12. The minimum atomic E-state index is -0.520. The van der Waals surface area contributed by atoms with Crippen molar-refractivity contribution in [3.05, 3.63) is 34.9 Å². The number of hydrogen-bond donors (Lipinski definition) is 2. The smallest absolute Gasteiger partial charge is 0.251 e. The summed E-state index contributed by atoms with van der Waals surface area (Å²) in [6.07, 6.45) is 0. The fourth-order valence-electron chi connectivity index (χ4n) is 1.25. The van der Waals surface area contributed by atoms with Crippen molar-refractivity contribution in [3.8, 4) is 0 Å². The zero-order valence-corrected chi connectivity index (χ0v) is 10.0. The molecule has 3 N–H and O–H groups in total. The van der Waals surface area contributed by atoms with Crippen LogP contribution in [0.15, 0.2) is 24.3 Å². The monoisotopic (exact) mass is 242 g/mol. The van der Waals surface area contributed by atoms with Gasteiger partial charge in [-0.25, -0.2) is 5.90 Å². The van der Waals surface area contributed by atoms with Gasteiger partial charge in [0.1, 0.15) is 0 Å². The molecule has 0 bridgehead atoms. The van der Waals surface area contributed by atoms with Crippen LogP contribution < -0.4 is 11.2 Å². The summed E-state index contributed by atoms with van der Waals surface area (Å²) in [5.41, 5.74) is -0.00803. The Morgan fingerprint density at radius 2 is 2.25 bits per heavy atom. The van der Waals surface area contributed by atoms with Crippen molar-refractivity contribution in [2.45, 2.75) is 19.4 Å². The Kier molecular flexibility index (Phi) is 4.29. The lowest BCUT2D eigenvalue weighted by atomic mass is 10.1. The second-order valence-electron chi connectivity index (χ2n) is 4.16. The van der Waals surface area contributed by atoms with E-state index in [0.29, 0.717) is 10.6 Å². The third-order valence-electron chi connectivity index (χ3n) is 1.98. The Morgan fingerprint density at radius 3 is 2.81 bits per heavy atom. The van der Waals surface area contributed by atoms with Crippen molar-refractivity contribution in [1.29, 1.82) is 0 Å². The maximum Gasteiger partial charge on any atom is 0.251 e. The number of carbonyl (C=O) groups excluding carboxylic acids is 1. The first-order valence-electron chi connectivity index (χ1n) is 4.84. The normalized spacial score (nSPS) is 11.2. The highest BCUT2D eigenvalue weighted by atomic mass is 35.5. The number of amides is 1. The van der Waals surface area contributed by atoms with Crippen molar-refractivity contribution >= 4 is 17.5 Å². The number of benzene rings is 1. The second kappa shape index (κ2) is 5.30. The molecule has 1 aromatic rings. The number of rotatable bonds is 4. The van der Waals surface area contributed by atoms with Gasteiger partial charge in [-0.1, -0.05) is 17.7 Å². The van der Waals surface area contributed by atoms with E-state index in [1.165, 1.54) is 0 Å². The van der Waals surface area contributed by atoms with Gasteiger partial charge < -0.3 is 10.2 Å². The third-order valence-corrected chi connectivity index (χ3v) is 2.22. The molecule has 0 aliphatic carbocycles. The molecule has 1 rings (SSSR count). The fraction of sp³-hybridized carbons (Fsp3) is 0.364. The van der Waals surface area contributed by atoms with E-state index in [9.17, 15) is 4.79 Å². The minimum absolute atomic E-state index is 0.204. The molecule has 1 aromatic carbocycles. The number of halogens is 1. The Morgan fingerprint density at radius 1 is 1.56 bits per heavy atom. The zero-order chi connectivity index (χ0) is 12.2. The summed E-state index contributed by atoms with van der Waals surface area (Å²) in [5.74, 6) is 4.78. The topological polar surface area (TPSA) is 64.3 Å². The van der Waals surface area contributed by atoms with Gasteiger partial charge in [-0.15, -0.1) is 0 Å². The van der Waals surface area contributed by atoms with Crippen molar-refractivity contribution in [1.82, 2.24) is 5.32 Å². The number of hydrogen-bond acceptors (Lipinski definition) is 3. The van der Waals surface area contributed by atoms with Crippen molar-refractivity contribution < 1.29 is 9.63 Å². The second-order valence-corrected chi connectivity index (χ2v) is 4.60. The van der Waals surface area contributed by atoms with Crippen molar-refractivity contribution in [2.24, 2.45) is 5.90 Å². The van der Waals surface area contributed by atoms with E-state index in [4.69, 9.17) is 17.5 Å². The first-order chi connectivity index (χ1) is 7.44. The van der Waals surface area contributed by atoms with Gasteiger partial charge in [0.25, 0.3) is 5.91 Å². The van der Waals surface area contributed by atoms with Gasteiger partial charge in [0.15, 0.2) is 0 Å². The van der Waals surface area contributed by atoms with Gasteiger partial charge in [-0.05, 0) is 32.0 Å². The molecule has 5 heteroatoms. The lowest BCUT2D eigenvalue weighted by molar-refractivity contribution is 0.0687. The molecule has 0 saturated carbocycles. The number of nitrogens with two attached hydrogens (primary N) is 1. The maximum absolute atomic E-state index is 11.8. The van der Waals surface area contributed by atoms with Crippen LogP contribution in [0, 0.1) is 0 Å². The van der Waals surface area contributed by atoms with Gasteiger partial charge in [0, 0.05) is 10.6 Å². The SMILES string of the molecule is CC(C)(CON)NC(=O)c1cccc(Cl)c1. The van der Waals surface area contributed by atoms with E-state index < -0.39 is 5.54 Å². The van der Waals surface area contributed by atoms with E-state index in [2.05, 4.69) is 10.2 Å². The van der Waals surface area contributed by atoms with Crippen molar-refractivity contribution in [2.75, 3.05) is 6.61 Å². The van der Waals surface area contributed by atoms with E-state index in [1.54, 1.807) is 24.3 Å². The number of nitrogens with one attached hydrogen (secondary N) is 1. The van der Waals surface area contributed by atoms with Gasteiger partial charge in [-0.3, -0.25) is 4.79 Å². The standard InChI is InChI=1S/C11H15ClN2O2/c1-11(2,7-16-13)14-10(15)8-4-3-5-9(12)6-8/h3-6H,7,13H2,1-2H3,(H,14,15). The molecule has 4 nitrogen and oxygen atoms in total. The molecule has 0 saturated heterocycles. The van der Waals surface area contributed by atoms with E-state index >= 15 is 0 Å². The lowest BCUT2D eigenvalue weighted by Gasteiger charge is -2.24. The van der Waals surface area contributed by atoms with Crippen LogP contribution in [0.25, 0.3) is 0 Å². The maximum atomic E-state index is 11.8. The first kappa shape index (κ1) is 13.0. The van der Waals surface area contributed by atoms with Crippen molar-refractivity contribution in [3.63, 3.8) is 0 Å². The largest absolute Gasteiger partial charge is 0.345 e. The summed E-state index contributed by atoms with van der Waals surface area (Å²) in [6.45, 7) is 3.88. The van der Waals surface area contributed by atoms with E-state index in [0.717, 1.165) is 0 Å². The summed E-state index contributed by atoms with van der Waals surface area (Å²) in [4.78, 5) is 16.3. The van der Waals surface area contributed by atoms with Crippen LogP contribution in [-0.2, 0) is 4.84 Å². The van der Waals surface area contributed by atoms with Crippen LogP contribution >= 0.6 is 11.6 Å². The Labute approximate surface area is 99.7 Å². The van der Waals surface area contributed by atoms with Crippen LogP contribution in [0.5, 0.6) is 0 Å². The van der Waals surface area contributed by atoms with E-state index in [1.807, 2.05) is 13.8 Å². The number of carbonyl (C=O) groups is 1. The van der Waals surface area contributed by atoms with Crippen LogP contribution in [0.2, 0.25) is 5.02 Å². The van der Waals surface area contributed by atoms with Crippen LogP contribution in [-0.4, -0.2) is 18.1 Å². The first-order valence-corrected chi connectivity index (χ1v) is 5.22. The molecule has 0 aliphatic rings. The van der Waals surface area contributed by atoms with E-state index in [-0.39, 0.29) is 12.5 Å². The molecule has 0 atom stereocenters.